The Hall–Kier alpha value is -1.95. The van der Waals surface area contributed by atoms with Crippen LogP contribution in [0, 0.1) is 0 Å². The van der Waals surface area contributed by atoms with Gasteiger partial charge < -0.3 is 14.7 Å². The van der Waals surface area contributed by atoms with Crippen molar-refractivity contribution < 1.29 is 19.4 Å². The number of hydrogen-bond donors (Lipinski definition) is 1. The monoisotopic (exact) mass is 252 g/mol. The van der Waals surface area contributed by atoms with Gasteiger partial charge in [0, 0.05) is 27.3 Å². The zero-order valence-electron chi connectivity index (χ0n) is 10.4. The first-order chi connectivity index (χ1) is 8.56. The molecule has 0 aliphatic carbocycles. The van der Waals surface area contributed by atoms with Crippen molar-refractivity contribution in [3.05, 3.63) is 29.6 Å². The normalized spacial score (nSPS) is 10.1. The lowest BCUT2D eigenvalue weighted by Crippen LogP contribution is -2.29. The maximum absolute atomic E-state index is 11.9. The molecule has 18 heavy (non-hydrogen) atoms. The Balaban J connectivity index is 2.71. The number of hydrogen-bond acceptors (Lipinski definition) is 4. The van der Waals surface area contributed by atoms with Gasteiger partial charge in [0.15, 0.2) is 0 Å². The molecule has 98 valence electrons. The van der Waals surface area contributed by atoms with Crippen molar-refractivity contribution in [3.63, 3.8) is 0 Å². The Bertz CT molecular complexity index is 434. The lowest BCUT2D eigenvalue weighted by Gasteiger charge is -2.16. The van der Waals surface area contributed by atoms with Crippen LogP contribution in [0.1, 0.15) is 27.4 Å². The molecule has 0 saturated heterocycles. The van der Waals surface area contributed by atoms with Gasteiger partial charge in [0.1, 0.15) is 11.4 Å². The van der Waals surface area contributed by atoms with Gasteiger partial charge in [-0.3, -0.25) is 4.79 Å². The van der Waals surface area contributed by atoms with E-state index in [1.54, 1.807) is 14.2 Å². The fourth-order valence-corrected chi connectivity index (χ4v) is 1.42. The second-order valence-electron chi connectivity index (χ2n) is 3.79. The smallest absolute Gasteiger partial charge is 0.354 e. The maximum atomic E-state index is 11.9. The predicted octanol–water partition coefficient (Wildman–Crippen LogP) is 0.888. The fourth-order valence-electron chi connectivity index (χ4n) is 1.42. The molecule has 1 heterocycles. The maximum Gasteiger partial charge on any atom is 0.354 e. The van der Waals surface area contributed by atoms with E-state index in [1.807, 2.05) is 0 Å². The van der Waals surface area contributed by atoms with Crippen LogP contribution in [0.4, 0.5) is 0 Å². The minimum Gasteiger partial charge on any atom is -0.477 e. The number of pyridine rings is 1. The molecule has 1 aromatic rings. The molecule has 0 atom stereocenters. The van der Waals surface area contributed by atoms with Crippen LogP contribution in [0.5, 0.6) is 0 Å². The van der Waals surface area contributed by atoms with E-state index in [0.717, 1.165) is 6.42 Å². The predicted molar refractivity (Wildman–Crippen MR) is 64.6 cm³/mol. The number of nitrogens with zero attached hydrogens (tertiary/aromatic N) is 2. The lowest BCUT2D eigenvalue weighted by molar-refractivity contribution is 0.0690. The van der Waals surface area contributed by atoms with Gasteiger partial charge in [-0.25, -0.2) is 9.78 Å². The average molecular weight is 252 g/mol. The molecule has 0 aliphatic heterocycles. The number of amides is 1. The summed E-state index contributed by atoms with van der Waals surface area (Å²) >= 11 is 0. The summed E-state index contributed by atoms with van der Waals surface area (Å²) in [6.45, 7) is 1.10. The van der Waals surface area contributed by atoms with E-state index < -0.39 is 5.97 Å². The highest BCUT2D eigenvalue weighted by Crippen LogP contribution is 2.03. The average Bonchev–Trinajstić information content (AvgIpc) is 2.38. The molecule has 0 saturated carbocycles. The van der Waals surface area contributed by atoms with E-state index in [2.05, 4.69) is 4.98 Å². The first kappa shape index (κ1) is 14.1. The minimum atomic E-state index is -1.15. The molecular formula is C12H16N2O4. The summed E-state index contributed by atoms with van der Waals surface area (Å²) in [5.74, 6) is -1.44. The van der Waals surface area contributed by atoms with E-state index in [0.29, 0.717) is 13.2 Å². The largest absolute Gasteiger partial charge is 0.477 e. The van der Waals surface area contributed by atoms with Crippen molar-refractivity contribution in [1.29, 1.82) is 0 Å². The molecule has 0 bridgehead atoms. The molecule has 1 amide bonds. The molecule has 6 heteroatoms. The van der Waals surface area contributed by atoms with Crippen LogP contribution in [0.15, 0.2) is 18.2 Å². The van der Waals surface area contributed by atoms with Crippen LogP contribution in [0.3, 0.4) is 0 Å². The summed E-state index contributed by atoms with van der Waals surface area (Å²) in [4.78, 5) is 28.0. The van der Waals surface area contributed by atoms with E-state index in [-0.39, 0.29) is 17.3 Å². The number of aromatic nitrogens is 1. The number of carboxylic acids is 1. The molecule has 0 fully saturated rings. The van der Waals surface area contributed by atoms with Gasteiger partial charge >= 0.3 is 5.97 Å². The number of carbonyl (C=O) groups excluding carboxylic acids is 1. The van der Waals surface area contributed by atoms with Gasteiger partial charge in [0.25, 0.3) is 5.91 Å². The molecule has 1 rings (SSSR count). The third-order valence-electron chi connectivity index (χ3n) is 2.38. The van der Waals surface area contributed by atoms with Gasteiger partial charge in [0.05, 0.1) is 0 Å². The summed E-state index contributed by atoms with van der Waals surface area (Å²) in [6.07, 6.45) is 0.720. The van der Waals surface area contributed by atoms with Gasteiger partial charge in [-0.2, -0.15) is 0 Å². The highest BCUT2D eigenvalue weighted by molar-refractivity contribution is 5.94. The molecule has 1 aromatic heterocycles. The quantitative estimate of drug-likeness (QED) is 0.760. The van der Waals surface area contributed by atoms with Crippen LogP contribution < -0.4 is 0 Å². The van der Waals surface area contributed by atoms with E-state index in [4.69, 9.17) is 9.84 Å². The van der Waals surface area contributed by atoms with Crippen LogP contribution in [0.25, 0.3) is 0 Å². The van der Waals surface area contributed by atoms with Gasteiger partial charge in [-0.1, -0.05) is 6.07 Å². The van der Waals surface area contributed by atoms with Crippen molar-refractivity contribution >= 4 is 11.9 Å². The second kappa shape index (κ2) is 6.70. The number of carbonyl (C=O) groups is 2. The summed E-state index contributed by atoms with van der Waals surface area (Å²) < 4.78 is 4.90. The third-order valence-corrected chi connectivity index (χ3v) is 2.38. The van der Waals surface area contributed by atoms with Crippen LogP contribution >= 0.6 is 0 Å². The molecule has 0 aromatic carbocycles. The fraction of sp³-hybridized carbons (Fsp3) is 0.417. The van der Waals surface area contributed by atoms with Crippen molar-refractivity contribution in [2.75, 3.05) is 27.3 Å². The second-order valence-corrected chi connectivity index (χ2v) is 3.79. The van der Waals surface area contributed by atoms with E-state index in [9.17, 15) is 9.59 Å². The van der Waals surface area contributed by atoms with Gasteiger partial charge in [-0.15, -0.1) is 0 Å². The Labute approximate surface area is 105 Å². The molecule has 0 spiro atoms. The lowest BCUT2D eigenvalue weighted by atomic mass is 10.2. The molecular weight excluding hydrogens is 236 g/mol. The number of rotatable bonds is 6. The van der Waals surface area contributed by atoms with Crippen LogP contribution in [-0.2, 0) is 4.74 Å². The molecule has 1 N–H and O–H groups in total. The van der Waals surface area contributed by atoms with E-state index in [1.165, 1.54) is 23.1 Å². The zero-order chi connectivity index (χ0) is 13.5. The summed E-state index contributed by atoms with van der Waals surface area (Å²) in [5.41, 5.74) is 0.000887. The Morgan fingerprint density at radius 2 is 2.06 bits per heavy atom. The summed E-state index contributed by atoms with van der Waals surface area (Å²) in [6, 6.07) is 4.36. The third kappa shape index (κ3) is 3.81. The Kier molecular flexibility index (Phi) is 5.26. The SMILES string of the molecule is COCCCN(C)C(=O)c1cccc(C(=O)O)n1. The first-order valence-electron chi connectivity index (χ1n) is 5.51. The van der Waals surface area contributed by atoms with Crippen molar-refractivity contribution in [2.24, 2.45) is 0 Å². The minimum absolute atomic E-state index is 0.133. The van der Waals surface area contributed by atoms with E-state index >= 15 is 0 Å². The molecule has 0 unspecified atom stereocenters. The number of ether oxygens (including phenoxy) is 1. The first-order valence-corrected chi connectivity index (χ1v) is 5.51. The van der Waals surface area contributed by atoms with Gasteiger partial charge in [0.2, 0.25) is 0 Å². The van der Waals surface area contributed by atoms with Crippen molar-refractivity contribution in [2.45, 2.75) is 6.42 Å². The Morgan fingerprint density at radius 3 is 2.67 bits per heavy atom. The summed E-state index contributed by atoms with van der Waals surface area (Å²) in [5, 5.41) is 8.80. The molecule has 0 aliphatic rings. The van der Waals surface area contributed by atoms with Crippen molar-refractivity contribution in [3.8, 4) is 0 Å². The topological polar surface area (TPSA) is 79.7 Å². The van der Waals surface area contributed by atoms with Gasteiger partial charge in [-0.05, 0) is 18.6 Å². The summed E-state index contributed by atoms with van der Waals surface area (Å²) in [7, 11) is 3.24. The zero-order valence-corrected chi connectivity index (χ0v) is 10.4. The number of methoxy groups -OCH3 is 1. The Morgan fingerprint density at radius 1 is 1.39 bits per heavy atom. The highest BCUT2D eigenvalue weighted by atomic mass is 16.5. The standard InChI is InChI=1S/C12H16N2O4/c1-14(7-4-8-18-2)11(15)9-5-3-6-10(13-9)12(16)17/h3,5-6H,4,7-8H2,1-2H3,(H,16,17). The van der Waals surface area contributed by atoms with Crippen LogP contribution in [0.2, 0.25) is 0 Å². The molecule has 6 nitrogen and oxygen atoms in total. The molecule has 0 radical (unpaired) electrons. The number of aromatic carboxylic acids is 1. The highest BCUT2D eigenvalue weighted by Gasteiger charge is 2.14. The van der Waals surface area contributed by atoms with Crippen LogP contribution in [-0.4, -0.2) is 54.2 Å². The van der Waals surface area contributed by atoms with Crippen molar-refractivity contribution in [1.82, 2.24) is 9.88 Å². The number of carboxylic acid groups (broad SMARTS) is 1.